The Morgan fingerprint density at radius 3 is 0.963 bits per heavy atom. The van der Waals surface area contributed by atoms with Gasteiger partial charge < -0.3 is 5.32 Å². The van der Waals surface area contributed by atoms with Crippen LogP contribution in [-0.2, 0) is 14.3 Å². The summed E-state index contributed by atoms with van der Waals surface area (Å²) in [5.41, 5.74) is 7.83. The summed E-state index contributed by atoms with van der Waals surface area (Å²) in [6.07, 6.45) is 8.09. The van der Waals surface area contributed by atoms with Gasteiger partial charge in [-0.15, -0.1) is 23.5 Å². The van der Waals surface area contributed by atoms with Crippen LogP contribution in [0.2, 0.25) is 0 Å². The lowest BCUT2D eigenvalue weighted by atomic mass is 9.84. The highest BCUT2D eigenvalue weighted by Crippen LogP contribution is 2.50. The zero-order chi connectivity index (χ0) is 37.2. The lowest BCUT2D eigenvalue weighted by molar-refractivity contribution is -0.121. The minimum Gasteiger partial charge on any atom is -0.356 e. The van der Waals surface area contributed by atoms with Crippen molar-refractivity contribution in [1.82, 2.24) is 5.32 Å². The highest BCUT2D eigenvalue weighted by atomic mass is 32.2. The molecule has 0 aliphatic carbocycles. The van der Waals surface area contributed by atoms with Crippen molar-refractivity contribution in [3.8, 4) is 0 Å². The molecule has 1 N–H and O–H groups in total. The highest BCUT2D eigenvalue weighted by molar-refractivity contribution is 8.00. The average molecular weight is 748 g/mol. The molecule has 0 aliphatic rings. The van der Waals surface area contributed by atoms with Crippen molar-refractivity contribution in [1.29, 1.82) is 0 Å². The van der Waals surface area contributed by atoms with Gasteiger partial charge in [-0.3, -0.25) is 4.79 Å². The molecule has 276 valence electrons. The number of hydrogen-bond acceptors (Lipinski definition) is 3. The Morgan fingerprint density at radius 2 is 0.648 bits per heavy atom. The smallest absolute Gasteiger partial charge is 0.219 e. The van der Waals surface area contributed by atoms with Crippen molar-refractivity contribution in [3.63, 3.8) is 0 Å². The predicted molar refractivity (Wildman–Crippen MR) is 233 cm³/mol. The van der Waals surface area contributed by atoms with E-state index < -0.39 is 0 Å². The van der Waals surface area contributed by atoms with Gasteiger partial charge >= 0.3 is 0 Å². The van der Waals surface area contributed by atoms with Crippen LogP contribution in [0.15, 0.2) is 182 Å². The number of nitrogens with one attached hydrogen (secondary N) is 1. The molecule has 0 aliphatic heterocycles. The first kappa shape index (κ1) is 39.2. The van der Waals surface area contributed by atoms with E-state index in [1.165, 1.54) is 33.4 Å². The quantitative estimate of drug-likeness (QED) is 0.0587. The van der Waals surface area contributed by atoms with E-state index in [-0.39, 0.29) is 15.4 Å². The Balaban J connectivity index is 0.922. The first-order chi connectivity index (χ1) is 26.7. The van der Waals surface area contributed by atoms with Gasteiger partial charge in [-0.25, -0.2) is 0 Å². The van der Waals surface area contributed by atoms with Crippen molar-refractivity contribution in [2.45, 2.75) is 60.9 Å². The molecule has 0 unspecified atom stereocenters. The normalized spacial score (nSPS) is 11.6. The summed E-state index contributed by atoms with van der Waals surface area (Å²) in [5.74, 6) is 2.26. The molecule has 0 heterocycles. The van der Waals surface area contributed by atoms with Crippen LogP contribution in [0.1, 0.15) is 84.7 Å². The second kappa shape index (κ2) is 20.8. The first-order valence-corrected chi connectivity index (χ1v) is 21.6. The topological polar surface area (TPSA) is 29.1 Å². The summed E-state index contributed by atoms with van der Waals surface area (Å²) in [7, 11) is 0. The Bertz CT molecular complexity index is 1730. The summed E-state index contributed by atoms with van der Waals surface area (Å²) < 4.78 is -0.542. The van der Waals surface area contributed by atoms with Crippen molar-refractivity contribution < 1.29 is 4.79 Å². The van der Waals surface area contributed by atoms with Crippen molar-refractivity contribution >= 4 is 29.4 Å². The maximum Gasteiger partial charge on any atom is 0.219 e. The number of carbonyl (C=O) groups excluding carboxylic acids is 1. The molecule has 2 nitrogen and oxygen atoms in total. The Labute approximate surface area is 332 Å². The number of rotatable bonds is 21. The lowest BCUT2D eigenvalue weighted by Gasteiger charge is -2.35. The number of hydrogen-bond donors (Lipinski definition) is 1. The second-order valence-electron chi connectivity index (χ2n) is 13.8. The Hall–Kier alpha value is -4.51. The van der Waals surface area contributed by atoms with Crippen LogP contribution >= 0.6 is 23.5 Å². The SMILES string of the molecule is O=C(CCCCCSC(c1ccccc1)(c1ccccc1)c1ccccc1)NCCCCCCSC(c1ccccc1)(c1ccccc1)c1ccccc1. The Morgan fingerprint density at radius 1 is 0.370 bits per heavy atom. The number of benzene rings is 6. The van der Waals surface area contributed by atoms with Gasteiger partial charge in [0.2, 0.25) is 5.91 Å². The molecular weight excluding hydrogens is 695 g/mol. The van der Waals surface area contributed by atoms with E-state index in [0.29, 0.717) is 6.42 Å². The molecule has 6 aromatic rings. The van der Waals surface area contributed by atoms with Crippen molar-refractivity contribution in [2.24, 2.45) is 0 Å². The molecule has 0 aromatic heterocycles. The maximum absolute atomic E-state index is 12.7. The molecule has 6 aromatic carbocycles. The van der Waals surface area contributed by atoms with Gasteiger partial charge in [-0.2, -0.15) is 0 Å². The van der Waals surface area contributed by atoms with E-state index >= 15 is 0 Å². The van der Waals surface area contributed by atoms with E-state index in [2.05, 4.69) is 187 Å². The number of unbranched alkanes of at least 4 members (excludes halogenated alkanes) is 5. The molecule has 4 heteroatoms. The monoisotopic (exact) mass is 747 g/mol. The van der Waals surface area contributed by atoms with Gasteiger partial charge in [0.05, 0.1) is 9.49 Å². The molecule has 54 heavy (non-hydrogen) atoms. The Kier molecular flexibility index (Phi) is 15.1. The molecule has 0 radical (unpaired) electrons. The third-order valence-corrected chi connectivity index (χ3v) is 13.4. The van der Waals surface area contributed by atoms with Crippen LogP contribution < -0.4 is 5.32 Å². The molecule has 0 spiro atoms. The zero-order valence-corrected chi connectivity index (χ0v) is 33.0. The molecule has 0 saturated carbocycles. The third-order valence-electron chi connectivity index (χ3n) is 10.2. The summed E-state index contributed by atoms with van der Waals surface area (Å²) >= 11 is 4.05. The van der Waals surface area contributed by atoms with Gasteiger partial charge in [-0.05, 0) is 70.6 Å². The van der Waals surface area contributed by atoms with Crippen LogP contribution in [0.25, 0.3) is 0 Å². The third kappa shape index (κ3) is 9.96. The molecular formula is C50H53NOS2. The standard InChI is InChI=1S/C50H53NOS2/c52-48(38-22-9-25-41-54-50(45-32-16-6-17-33-45,46-34-18-7-19-35-46)47-36-20-8-21-37-47)51-39-23-1-2-24-40-53-49(42-26-10-3-11-27-42,43-28-12-4-13-29-43)44-30-14-5-15-31-44/h3-8,10-21,26-37H,1-2,9,22-25,38-41H2,(H,51,52). The fraction of sp³-hybridized carbons (Fsp3) is 0.260. The summed E-state index contributed by atoms with van der Waals surface area (Å²) in [6.45, 7) is 0.761. The summed E-state index contributed by atoms with van der Waals surface area (Å²) in [5, 5.41) is 3.19. The van der Waals surface area contributed by atoms with Gasteiger partial charge in [0.15, 0.2) is 0 Å². The largest absolute Gasteiger partial charge is 0.356 e. The van der Waals surface area contributed by atoms with E-state index in [1.54, 1.807) is 0 Å². The highest BCUT2D eigenvalue weighted by Gasteiger charge is 2.37. The lowest BCUT2D eigenvalue weighted by Crippen LogP contribution is -2.26. The van der Waals surface area contributed by atoms with Crippen LogP contribution in [0.4, 0.5) is 0 Å². The summed E-state index contributed by atoms with van der Waals surface area (Å²) in [6, 6.07) is 65.5. The van der Waals surface area contributed by atoms with E-state index in [4.69, 9.17) is 0 Å². The maximum atomic E-state index is 12.7. The second-order valence-corrected chi connectivity index (χ2v) is 16.4. The number of thioether (sulfide) groups is 2. The molecule has 0 fully saturated rings. The first-order valence-electron chi connectivity index (χ1n) is 19.6. The minimum atomic E-state index is -0.283. The molecule has 1 amide bonds. The van der Waals surface area contributed by atoms with Crippen LogP contribution in [0.5, 0.6) is 0 Å². The van der Waals surface area contributed by atoms with Crippen LogP contribution in [0.3, 0.4) is 0 Å². The number of carbonyl (C=O) groups is 1. The fourth-order valence-corrected chi connectivity index (χ4v) is 10.6. The number of amides is 1. The van der Waals surface area contributed by atoms with Crippen molar-refractivity contribution in [2.75, 3.05) is 18.1 Å². The van der Waals surface area contributed by atoms with Crippen LogP contribution in [-0.4, -0.2) is 24.0 Å². The van der Waals surface area contributed by atoms with Gasteiger partial charge in [-0.1, -0.05) is 201 Å². The average Bonchev–Trinajstić information content (AvgIpc) is 3.25. The molecule has 0 bridgehead atoms. The van der Waals surface area contributed by atoms with Gasteiger partial charge in [0, 0.05) is 13.0 Å². The van der Waals surface area contributed by atoms with E-state index in [1.807, 2.05) is 23.5 Å². The molecule has 6 rings (SSSR count). The summed E-state index contributed by atoms with van der Waals surface area (Å²) in [4.78, 5) is 12.7. The zero-order valence-electron chi connectivity index (χ0n) is 31.3. The van der Waals surface area contributed by atoms with Gasteiger partial charge in [0.25, 0.3) is 0 Å². The van der Waals surface area contributed by atoms with Crippen molar-refractivity contribution in [3.05, 3.63) is 215 Å². The van der Waals surface area contributed by atoms with E-state index in [9.17, 15) is 4.79 Å². The predicted octanol–water partition coefficient (Wildman–Crippen LogP) is 12.7. The van der Waals surface area contributed by atoms with Crippen LogP contribution in [0, 0.1) is 0 Å². The van der Waals surface area contributed by atoms with Gasteiger partial charge in [0.1, 0.15) is 0 Å². The molecule has 0 atom stereocenters. The van der Waals surface area contributed by atoms with E-state index in [0.717, 1.165) is 63.0 Å². The molecule has 0 saturated heterocycles. The minimum absolute atomic E-state index is 0.184. The fourth-order valence-electron chi connectivity index (χ4n) is 7.45.